The van der Waals surface area contributed by atoms with Crippen molar-refractivity contribution in [3.05, 3.63) is 50.9 Å². The molecule has 0 aliphatic heterocycles. The maximum atomic E-state index is 12.6. The first-order valence-corrected chi connectivity index (χ1v) is 9.12. The third-order valence-corrected chi connectivity index (χ3v) is 5.68. The predicted molar refractivity (Wildman–Crippen MR) is 95.3 cm³/mol. The zero-order valence-corrected chi connectivity index (χ0v) is 15.4. The van der Waals surface area contributed by atoms with Crippen LogP contribution in [0.5, 0.6) is 5.75 Å². The number of sulfonamides is 1. The highest BCUT2D eigenvalue weighted by Gasteiger charge is 2.21. The van der Waals surface area contributed by atoms with E-state index in [-0.39, 0.29) is 26.2 Å². The summed E-state index contributed by atoms with van der Waals surface area (Å²) in [5, 5.41) is 0.203. The SMILES string of the molecule is COc1ccc(NS(=O)(=O)c2cc3oc(=O)n(C)c3cc2Cl)cc1Cl. The molecule has 0 spiro atoms. The molecule has 0 unspecified atom stereocenters. The molecule has 3 rings (SSSR count). The Morgan fingerprint density at radius 2 is 1.88 bits per heavy atom. The number of oxazole rings is 1. The van der Waals surface area contributed by atoms with Crippen molar-refractivity contribution in [3.8, 4) is 5.75 Å². The van der Waals surface area contributed by atoms with Crippen molar-refractivity contribution in [2.45, 2.75) is 4.90 Å². The van der Waals surface area contributed by atoms with Crippen LogP contribution in [0.4, 0.5) is 5.69 Å². The van der Waals surface area contributed by atoms with Crippen molar-refractivity contribution in [2.75, 3.05) is 11.8 Å². The number of fused-ring (bicyclic) bond motifs is 1. The van der Waals surface area contributed by atoms with Gasteiger partial charge in [-0.3, -0.25) is 9.29 Å². The molecule has 7 nitrogen and oxygen atoms in total. The van der Waals surface area contributed by atoms with Gasteiger partial charge in [0.15, 0.2) is 5.58 Å². The van der Waals surface area contributed by atoms with Gasteiger partial charge in [0.25, 0.3) is 10.0 Å². The number of nitrogens with zero attached hydrogens (tertiary/aromatic N) is 1. The summed E-state index contributed by atoms with van der Waals surface area (Å²) in [6.45, 7) is 0. The number of nitrogens with one attached hydrogen (secondary N) is 1. The van der Waals surface area contributed by atoms with E-state index in [4.69, 9.17) is 32.4 Å². The van der Waals surface area contributed by atoms with Crippen molar-refractivity contribution in [2.24, 2.45) is 7.05 Å². The number of hydrogen-bond donors (Lipinski definition) is 1. The molecular formula is C15H12Cl2N2O5S. The second kappa shape index (κ2) is 6.29. The molecule has 1 aromatic heterocycles. The summed E-state index contributed by atoms with van der Waals surface area (Å²) in [4.78, 5) is 11.3. The van der Waals surface area contributed by atoms with Gasteiger partial charge in [-0.25, -0.2) is 13.2 Å². The van der Waals surface area contributed by atoms with E-state index in [0.717, 1.165) is 0 Å². The van der Waals surface area contributed by atoms with E-state index in [1.807, 2.05) is 0 Å². The molecular weight excluding hydrogens is 391 g/mol. The molecule has 10 heteroatoms. The third-order valence-electron chi connectivity index (χ3n) is 3.54. The molecule has 25 heavy (non-hydrogen) atoms. The van der Waals surface area contributed by atoms with E-state index in [1.54, 1.807) is 0 Å². The molecule has 0 aliphatic carbocycles. The standard InChI is InChI=1S/C15H12Cl2N2O5S/c1-19-11-6-10(17)14(7-13(11)24-15(19)20)25(21,22)18-8-3-4-12(23-2)9(16)5-8/h3-7,18H,1-2H3. The number of anilines is 1. The lowest BCUT2D eigenvalue weighted by molar-refractivity contribution is 0.415. The smallest absolute Gasteiger partial charge is 0.419 e. The molecule has 2 aromatic carbocycles. The summed E-state index contributed by atoms with van der Waals surface area (Å²) in [5.74, 6) is -0.203. The van der Waals surface area contributed by atoms with Crippen LogP contribution in [-0.2, 0) is 17.1 Å². The topological polar surface area (TPSA) is 90.5 Å². The number of ether oxygens (including phenoxy) is 1. The minimum atomic E-state index is -4.03. The van der Waals surface area contributed by atoms with Crippen molar-refractivity contribution in [1.82, 2.24) is 4.57 Å². The lowest BCUT2D eigenvalue weighted by Crippen LogP contribution is -2.13. The summed E-state index contributed by atoms with van der Waals surface area (Å²) in [7, 11) is -1.08. The quantitative estimate of drug-likeness (QED) is 0.722. The van der Waals surface area contributed by atoms with E-state index >= 15 is 0 Å². The van der Waals surface area contributed by atoms with Crippen LogP contribution in [0.25, 0.3) is 11.1 Å². The summed E-state index contributed by atoms with van der Waals surface area (Å²) >= 11 is 12.1. The van der Waals surface area contributed by atoms with Crippen molar-refractivity contribution < 1.29 is 17.6 Å². The summed E-state index contributed by atoms with van der Waals surface area (Å²) < 4.78 is 38.9. The Bertz CT molecular complexity index is 1130. The first-order chi connectivity index (χ1) is 11.7. The van der Waals surface area contributed by atoms with Crippen LogP contribution in [0.15, 0.2) is 44.4 Å². The zero-order chi connectivity index (χ0) is 18.4. The predicted octanol–water partition coefficient (Wildman–Crippen LogP) is 3.25. The van der Waals surface area contributed by atoms with Crippen LogP contribution in [0, 0.1) is 0 Å². The molecule has 1 N–H and O–H groups in total. The van der Waals surface area contributed by atoms with Crippen LogP contribution >= 0.6 is 23.2 Å². The van der Waals surface area contributed by atoms with Crippen LogP contribution in [0.1, 0.15) is 0 Å². The molecule has 0 aliphatic rings. The number of methoxy groups -OCH3 is 1. The van der Waals surface area contributed by atoms with Gasteiger partial charge >= 0.3 is 5.76 Å². The summed E-state index contributed by atoms with van der Waals surface area (Å²) in [6.07, 6.45) is 0. The first-order valence-electron chi connectivity index (χ1n) is 6.88. The summed E-state index contributed by atoms with van der Waals surface area (Å²) in [6, 6.07) is 7.00. The van der Waals surface area contributed by atoms with E-state index in [9.17, 15) is 13.2 Å². The summed E-state index contributed by atoms with van der Waals surface area (Å²) in [5.41, 5.74) is 0.739. The fraction of sp³-hybridized carbons (Fsp3) is 0.133. The Morgan fingerprint density at radius 1 is 1.16 bits per heavy atom. The molecule has 3 aromatic rings. The van der Waals surface area contributed by atoms with Crippen molar-refractivity contribution >= 4 is 50.0 Å². The van der Waals surface area contributed by atoms with Crippen LogP contribution in [-0.4, -0.2) is 20.1 Å². The van der Waals surface area contributed by atoms with E-state index in [2.05, 4.69) is 4.72 Å². The van der Waals surface area contributed by atoms with Crippen LogP contribution < -0.4 is 15.2 Å². The second-order valence-electron chi connectivity index (χ2n) is 5.13. The van der Waals surface area contributed by atoms with Gasteiger partial charge in [-0.1, -0.05) is 23.2 Å². The van der Waals surface area contributed by atoms with Crippen LogP contribution in [0.2, 0.25) is 10.0 Å². The lowest BCUT2D eigenvalue weighted by Gasteiger charge is -2.11. The number of benzene rings is 2. The van der Waals surface area contributed by atoms with Crippen LogP contribution in [0.3, 0.4) is 0 Å². The van der Waals surface area contributed by atoms with Gasteiger partial charge in [0.05, 0.1) is 28.4 Å². The highest BCUT2D eigenvalue weighted by molar-refractivity contribution is 7.92. The van der Waals surface area contributed by atoms with Crippen molar-refractivity contribution in [1.29, 1.82) is 0 Å². The van der Waals surface area contributed by atoms with Gasteiger partial charge in [-0.2, -0.15) is 0 Å². The molecule has 0 saturated heterocycles. The molecule has 1 heterocycles. The molecule has 0 bridgehead atoms. The van der Waals surface area contributed by atoms with Crippen molar-refractivity contribution in [3.63, 3.8) is 0 Å². The minimum absolute atomic E-state index is 0.0454. The Labute approximate surface area is 152 Å². The van der Waals surface area contributed by atoms with E-state index in [1.165, 1.54) is 49.1 Å². The Kier molecular flexibility index (Phi) is 4.44. The fourth-order valence-corrected chi connectivity index (χ4v) is 4.12. The molecule has 0 radical (unpaired) electrons. The Balaban J connectivity index is 2.05. The largest absolute Gasteiger partial charge is 0.495 e. The highest BCUT2D eigenvalue weighted by atomic mass is 35.5. The van der Waals surface area contributed by atoms with Gasteiger partial charge in [-0.15, -0.1) is 0 Å². The maximum Gasteiger partial charge on any atom is 0.419 e. The lowest BCUT2D eigenvalue weighted by atomic mass is 10.3. The second-order valence-corrected chi connectivity index (χ2v) is 7.60. The van der Waals surface area contributed by atoms with Gasteiger partial charge in [0.1, 0.15) is 10.6 Å². The van der Waals surface area contributed by atoms with Gasteiger partial charge < -0.3 is 9.15 Å². The van der Waals surface area contributed by atoms with E-state index in [0.29, 0.717) is 11.3 Å². The van der Waals surface area contributed by atoms with Gasteiger partial charge in [-0.05, 0) is 24.3 Å². The average molecular weight is 403 g/mol. The molecule has 0 amide bonds. The molecule has 0 fully saturated rings. The molecule has 132 valence electrons. The third kappa shape index (κ3) is 3.20. The number of rotatable bonds is 4. The van der Waals surface area contributed by atoms with E-state index < -0.39 is 15.8 Å². The fourth-order valence-electron chi connectivity index (χ4n) is 2.27. The maximum absolute atomic E-state index is 12.6. The number of aromatic nitrogens is 1. The normalized spacial score (nSPS) is 11.7. The average Bonchev–Trinajstić information content (AvgIpc) is 2.81. The Hall–Kier alpha value is -2.16. The molecule has 0 atom stereocenters. The minimum Gasteiger partial charge on any atom is -0.495 e. The number of halogens is 2. The zero-order valence-electron chi connectivity index (χ0n) is 13.0. The Morgan fingerprint density at radius 3 is 2.52 bits per heavy atom. The first kappa shape index (κ1) is 17.7. The van der Waals surface area contributed by atoms with Gasteiger partial charge in [0, 0.05) is 13.1 Å². The van der Waals surface area contributed by atoms with Gasteiger partial charge in [0.2, 0.25) is 0 Å². The number of aryl methyl sites for hydroxylation is 1. The molecule has 0 saturated carbocycles. The number of hydrogen-bond acceptors (Lipinski definition) is 5. The highest BCUT2D eigenvalue weighted by Crippen LogP contribution is 2.31. The monoisotopic (exact) mass is 402 g/mol.